The molecule has 0 bridgehead atoms. The number of hydrogen-bond donors (Lipinski definition) is 1. The molecule has 0 aliphatic heterocycles. The van der Waals surface area contributed by atoms with Crippen LogP contribution in [0.25, 0.3) is 0 Å². The molecular formula is C14H21BrClNO. The van der Waals surface area contributed by atoms with Gasteiger partial charge in [-0.15, -0.1) is 0 Å². The van der Waals surface area contributed by atoms with Gasteiger partial charge in [-0.3, -0.25) is 0 Å². The smallest absolute Gasteiger partial charge is 0.138 e. The minimum absolute atomic E-state index is 0.116. The highest BCUT2D eigenvalue weighted by Crippen LogP contribution is 2.28. The lowest BCUT2D eigenvalue weighted by Crippen LogP contribution is -2.29. The Bertz CT molecular complexity index is 360. The predicted octanol–water partition coefficient (Wildman–Crippen LogP) is 4.65. The molecule has 2 nitrogen and oxygen atoms in total. The molecule has 0 aliphatic rings. The second kappa shape index (κ2) is 8.78. The molecule has 18 heavy (non-hydrogen) atoms. The van der Waals surface area contributed by atoms with Gasteiger partial charge in [0.1, 0.15) is 11.9 Å². The maximum Gasteiger partial charge on any atom is 0.138 e. The summed E-state index contributed by atoms with van der Waals surface area (Å²) in [6.45, 7) is 6.15. The van der Waals surface area contributed by atoms with Gasteiger partial charge in [0.2, 0.25) is 0 Å². The Morgan fingerprint density at radius 1 is 1.39 bits per heavy atom. The average molecular weight is 335 g/mol. The number of ether oxygens (including phenoxy) is 1. The lowest BCUT2D eigenvalue weighted by atomic mass is 10.2. The molecule has 0 spiro atoms. The van der Waals surface area contributed by atoms with E-state index in [1.54, 1.807) is 0 Å². The van der Waals surface area contributed by atoms with Crippen molar-refractivity contribution in [3.63, 3.8) is 0 Å². The van der Waals surface area contributed by atoms with Crippen molar-refractivity contribution in [2.24, 2.45) is 0 Å². The van der Waals surface area contributed by atoms with Gasteiger partial charge < -0.3 is 10.1 Å². The van der Waals surface area contributed by atoms with E-state index in [1.807, 2.05) is 25.1 Å². The van der Waals surface area contributed by atoms with E-state index in [2.05, 4.69) is 28.2 Å². The van der Waals surface area contributed by atoms with E-state index in [0.717, 1.165) is 23.3 Å². The van der Waals surface area contributed by atoms with Crippen LogP contribution in [0.4, 0.5) is 0 Å². The lowest BCUT2D eigenvalue weighted by Gasteiger charge is -2.16. The van der Waals surface area contributed by atoms with Crippen molar-refractivity contribution in [1.29, 1.82) is 0 Å². The van der Waals surface area contributed by atoms with Gasteiger partial charge in [0, 0.05) is 11.0 Å². The summed E-state index contributed by atoms with van der Waals surface area (Å²) >= 11 is 9.48. The Hall–Kier alpha value is -0.250. The number of benzene rings is 1. The number of rotatable bonds is 8. The second-order valence-corrected chi connectivity index (χ2v) is 5.74. The van der Waals surface area contributed by atoms with Gasteiger partial charge in [0.25, 0.3) is 0 Å². The molecule has 0 heterocycles. The molecule has 1 aromatic rings. The first-order valence-electron chi connectivity index (χ1n) is 6.46. The fourth-order valence-corrected chi connectivity index (χ4v) is 2.35. The molecule has 1 unspecified atom stereocenters. The Kier molecular flexibility index (Phi) is 7.71. The maximum atomic E-state index is 6.10. The first-order valence-corrected chi connectivity index (χ1v) is 7.63. The zero-order chi connectivity index (χ0) is 13.4. The summed E-state index contributed by atoms with van der Waals surface area (Å²) in [6.07, 6.45) is 3.87. The maximum absolute atomic E-state index is 6.10. The number of unbranched alkanes of at least 4 members (excludes halogenated alkanes) is 2. The molecule has 0 saturated carbocycles. The minimum atomic E-state index is 0.116. The fourth-order valence-electron chi connectivity index (χ4n) is 1.63. The summed E-state index contributed by atoms with van der Waals surface area (Å²) < 4.78 is 6.75. The lowest BCUT2D eigenvalue weighted by molar-refractivity contribution is 0.217. The molecule has 1 aromatic carbocycles. The SMILES string of the molecule is CCCCCNCC(C)Oc1ccc(Br)cc1Cl. The van der Waals surface area contributed by atoms with Crippen LogP contribution in [0.15, 0.2) is 22.7 Å². The monoisotopic (exact) mass is 333 g/mol. The van der Waals surface area contributed by atoms with Crippen molar-refractivity contribution in [3.8, 4) is 5.75 Å². The highest BCUT2D eigenvalue weighted by atomic mass is 79.9. The summed E-state index contributed by atoms with van der Waals surface area (Å²) in [5.41, 5.74) is 0. The average Bonchev–Trinajstić information content (AvgIpc) is 2.32. The molecule has 1 N–H and O–H groups in total. The Morgan fingerprint density at radius 2 is 2.17 bits per heavy atom. The first kappa shape index (κ1) is 15.8. The summed E-state index contributed by atoms with van der Waals surface area (Å²) in [6, 6.07) is 5.67. The van der Waals surface area contributed by atoms with Crippen LogP contribution in [0.5, 0.6) is 5.75 Å². The van der Waals surface area contributed by atoms with Crippen LogP contribution < -0.4 is 10.1 Å². The van der Waals surface area contributed by atoms with E-state index in [9.17, 15) is 0 Å². The zero-order valence-electron chi connectivity index (χ0n) is 11.0. The summed E-state index contributed by atoms with van der Waals surface area (Å²) in [4.78, 5) is 0. The van der Waals surface area contributed by atoms with Crippen LogP contribution in [-0.4, -0.2) is 19.2 Å². The van der Waals surface area contributed by atoms with Gasteiger partial charge in [-0.2, -0.15) is 0 Å². The predicted molar refractivity (Wildman–Crippen MR) is 81.6 cm³/mol. The normalized spacial score (nSPS) is 12.4. The molecule has 0 amide bonds. The molecule has 1 rings (SSSR count). The highest BCUT2D eigenvalue weighted by molar-refractivity contribution is 9.10. The van der Waals surface area contributed by atoms with Gasteiger partial charge in [0.15, 0.2) is 0 Å². The number of nitrogens with one attached hydrogen (secondary N) is 1. The zero-order valence-corrected chi connectivity index (χ0v) is 13.4. The van der Waals surface area contributed by atoms with Crippen LogP contribution in [0.2, 0.25) is 5.02 Å². The number of hydrogen-bond acceptors (Lipinski definition) is 2. The minimum Gasteiger partial charge on any atom is -0.488 e. The molecule has 0 fully saturated rings. The third kappa shape index (κ3) is 6.07. The van der Waals surface area contributed by atoms with Crippen molar-refractivity contribution < 1.29 is 4.74 Å². The standard InChI is InChI=1S/C14H21BrClNO/c1-3-4-5-8-17-10-11(2)18-14-7-6-12(15)9-13(14)16/h6-7,9,11,17H,3-5,8,10H2,1-2H3. The second-order valence-electron chi connectivity index (χ2n) is 4.41. The molecule has 0 aliphatic carbocycles. The van der Waals surface area contributed by atoms with Gasteiger partial charge in [-0.25, -0.2) is 0 Å². The Balaban J connectivity index is 2.28. The van der Waals surface area contributed by atoms with E-state index in [1.165, 1.54) is 19.3 Å². The van der Waals surface area contributed by atoms with Crippen molar-refractivity contribution in [2.75, 3.05) is 13.1 Å². The molecule has 4 heteroatoms. The van der Waals surface area contributed by atoms with Gasteiger partial charge >= 0.3 is 0 Å². The van der Waals surface area contributed by atoms with Crippen molar-refractivity contribution in [2.45, 2.75) is 39.2 Å². The van der Waals surface area contributed by atoms with Crippen LogP contribution in [0.1, 0.15) is 33.1 Å². The molecule has 102 valence electrons. The van der Waals surface area contributed by atoms with Gasteiger partial charge in [-0.1, -0.05) is 47.3 Å². The largest absolute Gasteiger partial charge is 0.488 e. The van der Waals surface area contributed by atoms with E-state index in [4.69, 9.17) is 16.3 Å². The van der Waals surface area contributed by atoms with Gasteiger partial charge in [-0.05, 0) is 38.1 Å². The van der Waals surface area contributed by atoms with Crippen molar-refractivity contribution >= 4 is 27.5 Å². The van der Waals surface area contributed by atoms with Crippen molar-refractivity contribution in [3.05, 3.63) is 27.7 Å². The molecule has 0 radical (unpaired) electrons. The van der Waals surface area contributed by atoms with E-state index < -0.39 is 0 Å². The molecular weight excluding hydrogens is 314 g/mol. The topological polar surface area (TPSA) is 21.3 Å². The molecule has 0 aromatic heterocycles. The fraction of sp³-hybridized carbons (Fsp3) is 0.571. The van der Waals surface area contributed by atoms with Crippen LogP contribution >= 0.6 is 27.5 Å². The van der Waals surface area contributed by atoms with E-state index in [-0.39, 0.29) is 6.10 Å². The van der Waals surface area contributed by atoms with Crippen LogP contribution in [0, 0.1) is 0 Å². The highest BCUT2D eigenvalue weighted by Gasteiger charge is 2.07. The summed E-state index contributed by atoms with van der Waals surface area (Å²) in [5, 5.41) is 4.03. The molecule has 1 atom stereocenters. The summed E-state index contributed by atoms with van der Waals surface area (Å²) in [7, 11) is 0. The first-order chi connectivity index (χ1) is 8.63. The van der Waals surface area contributed by atoms with Crippen LogP contribution in [-0.2, 0) is 0 Å². The third-order valence-corrected chi connectivity index (χ3v) is 3.40. The quantitative estimate of drug-likeness (QED) is 0.699. The van der Waals surface area contributed by atoms with E-state index >= 15 is 0 Å². The Morgan fingerprint density at radius 3 is 2.83 bits per heavy atom. The van der Waals surface area contributed by atoms with Crippen molar-refractivity contribution in [1.82, 2.24) is 5.32 Å². The third-order valence-electron chi connectivity index (χ3n) is 2.61. The molecule has 0 saturated heterocycles. The van der Waals surface area contributed by atoms with E-state index in [0.29, 0.717) is 5.02 Å². The van der Waals surface area contributed by atoms with Crippen LogP contribution in [0.3, 0.4) is 0 Å². The van der Waals surface area contributed by atoms with Gasteiger partial charge in [0.05, 0.1) is 5.02 Å². The summed E-state index contributed by atoms with van der Waals surface area (Å²) in [5.74, 6) is 0.739. The number of halogens is 2. The Labute approximate surface area is 123 Å².